The minimum Gasteiger partial charge on any atom is -0.387 e. The Labute approximate surface area is 94.5 Å². The number of hydrogen-bond donors (Lipinski definition) is 2. The molecule has 1 aromatic carbocycles. The highest BCUT2D eigenvalue weighted by Gasteiger charge is 2.54. The summed E-state index contributed by atoms with van der Waals surface area (Å²) in [4.78, 5) is 0. The Kier molecular flexibility index (Phi) is 2.10. The Bertz CT molecular complexity index is 414. The standard InChI is InChI=1S/C13H16FNO/c1-13-6-8(7-13)11(15-13)12(16)9-4-2-3-5-10(9)14/h2-5,8,11-12,15-16H,6-7H2,1H3/t8?,11-,12?,13?/m0/s1. The third-order valence-electron chi connectivity index (χ3n) is 4.01. The summed E-state index contributed by atoms with van der Waals surface area (Å²) in [6.45, 7) is 2.16. The Balaban J connectivity index is 1.84. The molecule has 0 radical (unpaired) electrons. The van der Waals surface area contributed by atoms with E-state index in [1.54, 1.807) is 18.2 Å². The minimum atomic E-state index is -0.726. The molecule has 0 amide bonds. The van der Waals surface area contributed by atoms with E-state index in [-0.39, 0.29) is 17.4 Å². The molecule has 0 aromatic heterocycles. The van der Waals surface area contributed by atoms with E-state index in [1.165, 1.54) is 6.07 Å². The molecule has 86 valence electrons. The molecule has 3 aliphatic rings. The summed E-state index contributed by atoms with van der Waals surface area (Å²) >= 11 is 0. The molecule has 3 heteroatoms. The number of aliphatic hydroxyl groups is 1. The molecule has 2 atom stereocenters. The van der Waals surface area contributed by atoms with Crippen molar-refractivity contribution in [2.75, 3.05) is 0 Å². The molecule has 2 bridgehead atoms. The van der Waals surface area contributed by atoms with Crippen molar-refractivity contribution in [1.82, 2.24) is 5.32 Å². The van der Waals surface area contributed by atoms with Crippen LogP contribution in [0.15, 0.2) is 24.3 Å². The Hall–Kier alpha value is -0.930. The molecular weight excluding hydrogens is 205 g/mol. The summed E-state index contributed by atoms with van der Waals surface area (Å²) in [7, 11) is 0. The van der Waals surface area contributed by atoms with Gasteiger partial charge in [0.25, 0.3) is 0 Å². The van der Waals surface area contributed by atoms with E-state index in [4.69, 9.17) is 0 Å². The Morgan fingerprint density at radius 2 is 2.12 bits per heavy atom. The van der Waals surface area contributed by atoms with Crippen molar-refractivity contribution in [2.24, 2.45) is 5.92 Å². The first-order valence-corrected chi connectivity index (χ1v) is 5.79. The fourth-order valence-electron chi connectivity index (χ4n) is 3.23. The van der Waals surface area contributed by atoms with Crippen LogP contribution in [-0.2, 0) is 0 Å². The zero-order valence-corrected chi connectivity index (χ0v) is 9.28. The van der Waals surface area contributed by atoms with Gasteiger partial charge in [0.2, 0.25) is 0 Å². The highest BCUT2D eigenvalue weighted by Crippen LogP contribution is 2.50. The van der Waals surface area contributed by atoms with Crippen LogP contribution in [0.1, 0.15) is 31.4 Å². The van der Waals surface area contributed by atoms with E-state index in [9.17, 15) is 9.50 Å². The fraction of sp³-hybridized carbons (Fsp3) is 0.538. The maximum absolute atomic E-state index is 13.5. The van der Waals surface area contributed by atoms with Crippen LogP contribution in [-0.4, -0.2) is 16.7 Å². The van der Waals surface area contributed by atoms with Gasteiger partial charge in [-0.25, -0.2) is 4.39 Å². The van der Waals surface area contributed by atoms with Crippen molar-refractivity contribution in [2.45, 2.75) is 37.5 Å². The molecule has 2 N–H and O–H groups in total. The van der Waals surface area contributed by atoms with Crippen molar-refractivity contribution in [1.29, 1.82) is 0 Å². The number of nitrogens with one attached hydrogen (secondary N) is 1. The normalized spacial score (nSPS) is 38.2. The molecule has 2 aliphatic heterocycles. The lowest BCUT2D eigenvalue weighted by Crippen LogP contribution is -2.40. The van der Waals surface area contributed by atoms with Crippen LogP contribution < -0.4 is 5.32 Å². The summed E-state index contributed by atoms with van der Waals surface area (Å²) in [5, 5.41) is 13.6. The second-order valence-electron chi connectivity index (χ2n) is 5.37. The SMILES string of the molecule is CC12CC(C1)[C@@H](C(O)c1ccccc1F)N2. The van der Waals surface area contributed by atoms with Gasteiger partial charge in [0, 0.05) is 17.1 Å². The van der Waals surface area contributed by atoms with Gasteiger partial charge >= 0.3 is 0 Å². The third kappa shape index (κ3) is 1.39. The van der Waals surface area contributed by atoms with Crippen LogP contribution in [0.5, 0.6) is 0 Å². The predicted octanol–water partition coefficient (Wildman–Crippen LogP) is 2.00. The molecule has 4 rings (SSSR count). The monoisotopic (exact) mass is 221 g/mol. The lowest BCUT2D eigenvalue weighted by molar-refractivity contribution is 0.118. The van der Waals surface area contributed by atoms with Crippen molar-refractivity contribution in [3.05, 3.63) is 35.6 Å². The second-order valence-corrected chi connectivity index (χ2v) is 5.37. The number of hydrogen-bond acceptors (Lipinski definition) is 2. The van der Waals surface area contributed by atoms with Crippen LogP contribution in [0.3, 0.4) is 0 Å². The highest BCUT2D eigenvalue weighted by atomic mass is 19.1. The molecule has 1 aromatic rings. The Morgan fingerprint density at radius 1 is 1.44 bits per heavy atom. The summed E-state index contributed by atoms with van der Waals surface area (Å²) in [5.41, 5.74) is 0.595. The van der Waals surface area contributed by atoms with Crippen molar-refractivity contribution in [3.63, 3.8) is 0 Å². The van der Waals surface area contributed by atoms with Crippen molar-refractivity contribution in [3.8, 4) is 0 Å². The van der Waals surface area contributed by atoms with Crippen molar-refractivity contribution < 1.29 is 9.50 Å². The number of fused-ring (bicyclic) bond motifs is 1. The van der Waals surface area contributed by atoms with Gasteiger partial charge in [0.1, 0.15) is 5.82 Å². The van der Waals surface area contributed by atoms with E-state index in [0.717, 1.165) is 12.8 Å². The van der Waals surface area contributed by atoms with E-state index in [0.29, 0.717) is 11.5 Å². The summed E-state index contributed by atoms with van der Waals surface area (Å²) in [6.07, 6.45) is 1.47. The molecule has 0 spiro atoms. The van der Waals surface area contributed by atoms with E-state index < -0.39 is 6.10 Å². The predicted molar refractivity (Wildman–Crippen MR) is 59.4 cm³/mol. The van der Waals surface area contributed by atoms with Crippen molar-refractivity contribution >= 4 is 0 Å². The van der Waals surface area contributed by atoms with E-state index >= 15 is 0 Å². The van der Waals surface area contributed by atoms with Gasteiger partial charge in [-0.2, -0.15) is 0 Å². The average Bonchev–Trinajstić information content (AvgIpc) is 2.71. The number of benzene rings is 1. The van der Waals surface area contributed by atoms with E-state index in [1.807, 2.05) is 0 Å². The summed E-state index contributed by atoms with van der Waals surface area (Å²) in [6, 6.07) is 6.50. The summed E-state index contributed by atoms with van der Waals surface area (Å²) in [5.74, 6) is 0.186. The minimum absolute atomic E-state index is 0.0156. The molecule has 1 saturated carbocycles. The number of halogens is 1. The van der Waals surface area contributed by atoms with Crippen LogP contribution in [0.25, 0.3) is 0 Å². The smallest absolute Gasteiger partial charge is 0.129 e. The van der Waals surface area contributed by atoms with Crippen LogP contribution in [0.4, 0.5) is 4.39 Å². The first-order chi connectivity index (χ1) is 7.59. The number of aliphatic hydroxyl groups excluding tert-OH is 1. The van der Waals surface area contributed by atoms with E-state index in [2.05, 4.69) is 12.2 Å². The molecule has 1 aliphatic carbocycles. The Morgan fingerprint density at radius 3 is 2.69 bits per heavy atom. The largest absolute Gasteiger partial charge is 0.387 e. The van der Waals surface area contributed by atoms with Gasteiger partial charge in [0.05, 0.1) is 6.10 Å². The first-order valence-electron chi connectivity index (χ1n) is 5.79. The van der Waals surface area contributed by atoms with Gasteiger partial charge in [-0.1, -0.05) is 18.2 Å². The molecule has 2 heterocycles. The summed E-state index contributed by atoms with van der Waals surface area (Å²) < 4.78 is 13.5. The second kappa shape index (κ2) is 3.28. The highest BCUT2D eigenvalue weighted by molar-refractivity contribution is 5.24. The average molecular weight is 221 g/mol. The molecule has 2 nitrogen and oxygen atoms in total. The van der Waals surface area contributed by atoms with Gasteiger partial charge < -0.3 is 10.4 Å². The van der Waals surface area contributed by atoms with Gasteiger partial charge in [-0.15, -0.1) is 0 Å². The zero-order valence-electron chi connectivity index (χ0n) is 9.28. The van der Waals surface area contributed by atoms with Crippen LogP contribution in [0.2, 0.25) is 0 Å². The van der Waals surface area contributed by atoms with Crippen LogP contribution >= 0.6 is 0 Å². The third-order valence-corrected chi connectivity index (χ3v) is 4.01. The fourth-order valence-corrected chi connectivity index (χ4v) is 3.23. The molecule has 3 fully saturated rings. The maximum atomic E-state index is 13.5. The lowest BCUT2D eigenvalue weighted by atomic mass is 9.72. The zero-order chi connectivity index (χ0) is 11.3. The molecule has 2 saturated heterocycles. The maximum Gasteiger partial charge on any atom is 0.129 e. The van der Waals surface area contributed by atoms with Crippen LogP contribution in [0, 0.1) is 11.7 Å². The topological polar surface area (TPSA) is 32.3 Å². The van der Waals surface area contributed by atoms with Gasteiger partial charge in [-0.3, -0.25) is 0 Å². The quantitative estimate of drug-likeness (QED) is 0.800. The molecule has 16 heavy (non-hydrogen) atoms. The molecular formula is C13H16FNO. The first kappa shape index (κ1) is 10.2. The van der Waals surface area contributed by atoms with Gasteiger partial charge in [-0.05, 0) is 31.7 Å². The van der Waals surface area contributed by atoms with Gasteiger partial charge in [0.15, 0.2) is 0 Å². The number of rotatable bonds is 2. The lowest BCUT2D eigenvalue weighted by Gasteiger charge is -2.33. The molecule has 1 unspecified atom stereocenters.